The van der Waals surface area contributed by atoms with Crippen LogP contribution in [0.5, 0.6) is 0 Å². The number of carboxylic acid groups (broad SMARTS) is 1. The summed E-state index contributed by atoms with van der Waals surface area (Å²) >= 11 is 5.61. The van der Waals surface area contributed by atoms with Crippen LogP contribution in [-0.2, 0) is 22.6 Å². The van der Waals surface area contributed by atoms with Crippen molar-refractivity contribution in [1.29, 1.82) is 0 Å². The number of nitrogens with one attached hydrogen (secondary N) is 1. The zero-order chi connectivity index (χ0) is 16.7. The Morgan fingerprint density at radius 2 is 1.91 bits per heavy atom. The van der Waals surface area contributed by atoms with E-state index in [9.17, 15) is 14.7 Å². The number of carbonyl (C=O) groups is 2. The summed E-state index contributed by atoms with van der Waals surface area (Å²) in [5.74, 6) is -1.20. The summed E-state index contributed by atoms with van der Waals surface area (Å²) in [6, 6.07) is 10.9. The van der Waals surface area contributed by atoms with Gasteiger partial charge >= 0.3 is 12.1 Å². The minimum Gasteiger partial charge on any atom is -0.480 e. The molecular weight excluding hydrogens is 322 g/mol. The van der Waals surface area contributed by atoms with E-state index in [1.807, 2.05) is 18.2 Å². The molecule has 1 atom stereocenters. The van der Waals surface area contributed by atoms with Crippen LogP contribution in [0.3, 0.4) is 0 Å². The van der Waals surface area contributed by atoms with Crippen molar-refractivity contribution in [2.75, 3.05) is 0 Å². The van der Waals surface area contributed by atoms with Crippen LogP contribution in [0.4, 0.5) is 4.79 Å². The number of benzene rings is 1. The predicted molar refractivity (Wildman–Crippen MR) is 81.9 cm³/mol. The standard InChI is InChI=1S/C15H14ClN3O4/c16-13-7-6-11(18-19-13)8-12(14(20)21)17-15(22)23-9-10-4-2-1-3-5-10/h1-7,12H,8-9H2,(H,17,22)(H,20,21). The maximum Gasteiger partial charge on any atom is 0.408 e. The van der Waals surface area contributed by atoms with E-state index >= 15 is 0 Å². The van der Waals surface area contributed by atoms with E-state index in [0.717, 1.165) is 5.56 Å². The third-order valence-electron chi connectivity index (χ3n) is 2.90. The largest absolute Gasteiger partial charge is 0.480 e. The summed E-state index contributed by atoms with van der Waals surface area (Å²) in [4.78, 5) is 23.0. The van der Waals surface area contributed by atoms with Gasteiger partial charge in [-0.25, -0.2) is 9.59 Å². The molecule has 1 heterocycles. The van der Waals surface area contributed by atoms with Gasteiger partial charge in [-0.15, -0.1) is 5.10 Å². The molecule has 8 heteroatoms. The maximum absolute atomic E-state index is 11.7. The Labute approximate surface area is 137 Å². The SMILES string of the molecule is O=C(NC(Cc1ccc(Cl)nn1)C(=O)O)OCc1ccccc1. The minimum absolute atomic E-state index is 0.0278. The lowest BCUT2D eigenvalue weighted by Crippen LogP contribution is -2.42. The van der Waals surface area contributed by atoms with Gasteiger partial charge < -0.3 is 15.2 Å². The van der Waals surface area contributed by atoms with Crippen LogP contribution >= 0.6 is 11.6 Å². The number of aliphatic carboxylic acids is 1. The van der Waals surface area contributed by atoms with Crippen LogP contribution < -0.4 is 5.32 Å². The molecule has 2 aromatic rings. The summed E-state index contributed by atoms with van der Waals surface area (Å²) < 4.78 is 5.00. The average Bonchev–Trinajstić information content (AvgIpc) is 2.55. The monoisotopic (exact) mass is 335 g/mol. The van der Waals surface area contributed by atoms with Gasteiger partial charge in [-0.3, -0.25) is 0 Å². The van der Waals surface area contributed by atoms with E-state index in [1.54, 1.807) is 18.2 Å². The van der Waals surface area contributed by atoms with Crippen molar-refractivity contribution in [3.63, 3.8) is 0 Å². The van der Waals surface area contributed by atoms with Crippen molar-refractivity contribution >= 4 is 23.7 Å². The lowest BCUT2D eigenvalue weighted by molar-refractivity contribution is -0.139. The molecule has 1 aromatic carbocycles. The van der Waals surface area contributed by atoms with Gasteiger partial charge in [0.25, 0.3) is 0 Å². The normalized spacial score (nSPS) is 11.5. The molecule has 1 unspecified atom stereocenters. The third kappa shape index (κ3) is 5.55. The zero-order valence-corrected chi connectivity index (χ0v) is 12.7. The first-order valence-corrected chi connectivity index (χ1v) is 7.10. The maximum atomic E-state index is 11.7. The molecule has 0 aliphatic rings. The Hall–Kier alpha value is -2.67. The van der Waals surface area contributed by atoms with E-state index in [4.69, 9.17) is 16.3 Å². The van der Waals surface area contributed by atoms with Crippen molar-refractivity contribution in [3.05, 3.63) is 58.9 Å². The number of carbonyl (C=O) groups excluding carboxylic acids is 1. The van der Waals surface area contributed by atoms with Crippen molar-refractivity contribution < 1.29 is 19.4 Å². The number of rotatable bonds is 6. The zero-order valence-electron chi connectivity index (χ0n) is 12.0. The van der Waals surface area contributed by atoms with Gasteiger partial charge in [-0.2, -0.15) is 5.10 Å². The number of ether oxygens (including phenoxy) is 1. The van der Waals surface area contributed by atoms with Gasteiger partial charge in [0, 0.05) is 6.42 Å². The Bertz CT molecular complexity index is 664. The average molecular weight is 336 g/mol. The molecule has 0 aliphatic heterocycles. The number of amides is 1. The topological polar surface area (TPSA) is 101 Å². The molecule has 0 aliphatic carbocycles. The van der Waals surface area contributed by atoms with Crippen molar-refractivity contribution in [2.45, 2.75) is 19.1 Å². The molecular formula is C15H14ClN3O4. The van der Waals surface area contributed by atoms with Gasteiger partial charge in [0.2, 0.25) is 0 Å². The van der Waals surface area contributed by atoms with Gasteiger partial charge in [0.15, 0.2) is 5.15 Å². The number of nitrogens with zero attached hydrogens (tertiary/aromatic N) is 2. The molecule has 120 valence electrons. The van der Waals surface area contributed by atoms with Gasteiger partial charge in [0.05, 0.1) is 5.69 Å². The molecule has 0 radical (unpaired) electrons. The Balaban J connectivity index is 1.89. The predicted octanol–water partition coefficient (Wildman–Crippen LogP) is 2.05. The molecule has 0 fully saturated rings. The molecule has 0 saturated heterocycles. The Morgan fingerprint density at radius 3 is 2.52 bits per heavy atom. The summed E-state index contributed by atoms with van der Waals surface area (Å²) in [7, 11) is 0. The fourth-order valence-electron chi connectivity index (χ4n) is 1.77. The van der Waals surface area contributed by atoms with E-state index in [2.05, 4.69) is 15.5 Å². The molecule has 0 bridgehead atoms. The van der Waals surface area contributed by atoms with Gasteiger partial charge in [-0.1, -0.05) is 41.9 Å². The van der Waals surface area contributed by atoms with Crippen molar-refractivity contribution in [1.82, 2.24) is 15.5 Å². The lowest BCUT2D eigenvalue weighted by Gasteiger charge is -2.14. The third-order valence-corrected chi connectivity index (χ3v) is 3.11. The Kier molecular flexibility index (Phi) is 5.87. The van der Waals surface area contributed by atoms with Crippen LogP contribution in [-0.4, -0.2) is 33.4 Å². The fourth-order valence-corrected chi connectivity index (χ4v) is 1.87. The highest BCUT2D eigenvalue weighted by Crippen LogP contribution is 2.06. The number of halogens is 1. The Morgan fingerprint density at radius 1 is 1.17 bits per heavy atom. The van der Waals surface area contributed by atoms with Crippen LogP contribution in [0.2, 0.25) is 5.15 Å². The second-order valence-corrected chi connectivity index (χ2v) is 5.04. The molecule has 1 amide bonds. The van der Waals surface area contributed by atoms with Crippen LogP contribution in [0, 0.1) is 0 Å². The van der Waals surface area contributed by atoms with Gasteiger partial charge in [-0.05, 0) is 17.7 Å². The fraction of sp³-hybridized carbons (Fsp3) is 0.200. The summed E-state index contributed by atoms with van der Waals surface area (Å²) in [5.41, 5.74) is 1.20. The molecule has 2 rings (SSSR count). The lowest BCUT2D eigenvalue weighted by atomic mass is 10.1. The van der Waals surface area contributed by atoms with E-state index < -0.39 is 18.1 Å². The highest BCUT2D eigenvalue weighted by molar-refractivity contribution is 6.29. The van der Waals surface area contributed by atoms with Gasteiger partial charge in [0.1, 0.15) is 12.6 Å². The van der Waals surface area contributed by atoms with E-state index in [1.165, 1.54) is 6.07 Å². The molecule has 0 saturated carbocycles. The quantitative estimate of drug-likeness (QED) is 0.837. The van der Waals surface area contributed by atoms with E-state index in [0.29, 0.717) is 5.69 Å². The number of alkyl carbamates (subject to hydrolysis) is 1. The van der Waals surface area contributed by atoms with Crippen LogP contribution in [0.1, 0.15) is 11.3 Å². The minimum atomic E-state index is -1.20. The highest BCUT2D eigenvalue weighted by atomic mass is 35.5. The second kappa shape index (κ2) is 8.09. The molecule has 1 aromatic heterocycles. The van der Waals surface area contributed by atoms with Crippen molar-refractivity contribution in [2.24, 2.45) is 0 Å². The smallest absolute Gasteiger partial charge is 0.408 e. The molecule has 0 spiro atoms. The first-order valence-electron chi connectivity index (χ1n) is 6.72. The number of carboxylic acids is 1. The molecule has 7 nitrogen and oxygen atoms in total. The number of aromatic nitrogens is 2. The second-order valence-electron chi connectivity index (χ2n) is 4.65. The number of hydrogen-bond donors (Lipinski definition) is 2. The van der Waals surface area contributed by atoms with Crippen molar-refractivity contribution in [3.8, 4) is 0 Å². The first kappa shape index (κ1) is 16.7. The highest BCUT2D eigenvalue weighted by Gasteiger charge is 2.22. The molecule has 2 N–H and O–H groups in total. The van der Waals surface area contributed by atoms with E-state index in [-0.39, 0.29) is 18.2 Å². The molecule has 23 heavy (non-hydrogen) atoms. The summed E-state index contributed by atoms with van der Waals surface area (Å²) in [6.45, 7) is 0.0553. The first-order chi connectivity index (χ1) is 11.0. The van der Waals surface area contributed by atoms with Crippen LogP contribution in [0.25, 0.3) is 0 Å². The summed E-state index contributed by atoms with van der Waals surface area (Å²) in [5, 5.41) is 19.1. The summed E-state index contributed by atoms with van der Waals surface area (Å²) in [6.07, 6.45) is -0.844. The van der Waals surface area contributed by atoms with Crippen LogP contribution in [0.15, 0.2) is 42.5 Å². The number of hydrogen-bond acceptors (Lipinski definition) is 5.